The zero-order chi connectivity index (χ0) is 11.6. The normalized spacial score (nSPS) is 13.2. The monoisotopic (exact) mass is 208 g/mol. The van der Waals surface area contributed by atoms with Gasteiger partial charge >= 0.3 is 0 Å². The van der Waals surface area contributed by atoms with Gasteiger partial charge in [-0.1, -0.05) is 19.9 Å². The molecule has 0 aliphatic rings. The molecule has 1 aromatic carbocycles. The first-order valence-corrected chi connectivity index (χ1v) is 5.42. The Kier molecular flexibility index (Phi) is 3.75. The van der Waals surface area contributed by atoms with Gasteiger partial charge < -0.3 is 10.2 Å². The number of aliphatic hydroxyl groups excluding tert-OH is 1. The Morgan fingerprint density at radius 3 is 2.27 bits per heavy atom. The molecule has 1 unspecified atom stereocenters. The molecular formula is C13H20O2. The summed E-state index contributed by atoms with van der Waals surface area (Å²) < 4.78 is 0. The smallest absolute Gasteiger partial charge is 0.119 e. The Balaban J connectivity index is 3.11. The van der Waals surface area contributed by atoms with Gasteiger partial charge in [0.2, 0.25) is 0 Å². The second-order valence-corrected chi connectivity index (χ2v) is 4.55. The number of benzene rings is 1. The number of aliphatic hydroxyl groups is 1. The topological polar surface area (TPSA) is 40.5 Å². The number of hydrogen-bond donors (Lipinski definition) is 2. The number of phenols is 1. The van der Waals surface area contributed by atoms with Gasteiger partial charge in [-0.05, 0) is 42.5 Å². The highest BCUT2D eigenvalue weighted by atomic mass is 16.3. The van der Waals surface area contributed by atoms with E-state index in [-0.39, 0.29) is 5.75 Å². The molecule has 1 aromatic rings. The number of aromatic hydroxyl groups is 1. The maximum Gasteiger partial charge on any atom is 0.119 e. The summed E-state index contributed by atoms with van der Waals surface area (Å²) in [6.45, 7) is 7.99. The van der Waals surface area contributed by atoms with E-state index in [0.717, 1.165) is 11.1 Å². The minimum atomic E-state index is -0.418. The summed E-state index contributed by atoms with van der Waals surface area (Å²) in [6.07, 6.45) is 0.0878. The van der Waals surface area contributed by atoms with Crippen LogP contribution in [0.1, 0.15) is 43.4 Å². The molecule has 1 atom stereocenters. The van der Waals surface area contributed by atoms with E-state index in [9.17, 15) is 10.2 Å². The average molecular weight is 208 g/mol. The summed E-state index contributed by atoms with van der Waals surface area (Å²) >= 11 is 0. The summed E-state index contributed by atoms with van der Waals surface area (Å²) in [5, 5.41) is 19.1. The summed E-state index contributed by atoms with van der Waals surface area (Å²) in [6, 6.07) is 3.79. The SMILES string of the molecule is Cc1cc(O)c(CC(C)O)cc1C(C)C. The van der Waals surface area contributed by atoms with E-state index in [1.165, 1.54) is 5.56 Å². The Morgan fingerprint density at radius 1 is 1.20 bits per heavy atom. The molecule has 0 aliphatic heterocycles. The average Bonchev–Trinajstić information content (AvgIpc) is 2.08. The van der Waals surface area contributed by atoms with Gasteiger partial charge in [-0.15, -0.1) is 0 Å². The lowest BCUT2D eigenvalue weighted by Gasteiger charge is -2.14. The van der Waals surface area contributed by atoms with Crippen molar-refractivity contribution in [2.45, 2.75) is 46.1 Å². The van der Waals surface area contributed by atoms with E-state index in [1.807, 2.05) is 13.0 Å². The highest BCUT2D eigenvalue weighted by molar-refractivity contribution is 5.42. The molecule has 0 aromatic heterocycles. The highest BCUT2D eigenvalue weighted by Gasteiger charge is 2.10. The van der Waals surface area contributed by atoms with Crippen LogP contribution in [0.2, 0.25) is 0 Å². The van der Waals surface area contributed by atoms with E-state index < -0.39 is 6.10 Å². The van der Waals surface area contributed by atoms with Crippen molar-refractivity contribution in [1.29, 1.82) is 0 Å². The van der Waals surface area contributed by atoms with Crippen molar-refractivity contribution in [3.8, 4) is 5.75 Å². The Bertz CT molecular complexity index is 341. The van der Waals surface area contributed by atoms with Gasteiger partial charge in [0.05, 0.1) is 6.10 Å². The maximum atomic E-state index is 9.74. The maximum absolute atomic E-state index is 9.74. The van der Waals surface area contributed by atoms with Gasteiger partial charge in [0, 0.05) is 6.42 Å². The minimum absolute atomic E-state index is 0.290. The molecule has 0 amide bonds. The van der Waals surface area contributed by atoms with Gasteiger partial charge in [-0.25, -0.2) is 0 Å². The fourth-order valence-corrected chi connectivity index (χ4v) is 1.86. The third-order valence-electron chi connectivity index (χ3n) is 2.60. The molecule has 0 saturated heterocycles. The standard InChI is InChI=1S/C13H20O2/c1-8(2)12-7-11(6-10(4)14)13(15)5-9(12)3/h5,7-8,10,14-15H,6H2,1-4H3. The van der Waals surface area contributed by atoms with Crippen LogP contribution in [-0.2, 0) is 6.42 Å². The number of hydrogen-bond acceptors (Lipinski definition) is 2. The zero-order valence-electron chi connectivity index (χ0n) is 9.91. The molecule has 0 radical (unpaired) electrons. The Morgan fingerprint density at radius 2 is 1.80 bits per heavy atom. The van der Waals surface area contributed by atoms with Crippen molar-refractivity contribution in [2.75, 3.05) is 0 Å². The first-order chi connectivity index (χ1) is 6.91. The van der Waals surface area contributed by atoms with Crippen LogP contribution in [0.25, 0.3) is 0 Å². The second-order valence-electron chi connectivity index (χ2n) is 4.55. The van der Waals surface area contributed by atoms with Crippen LogP contribution in [0.5, 0.6) is 5.75 Å². The first kappa shape index (κ1) is 12.1. The molecule has 0 saturated carbocycles. The van der Waals surface area contributed by atoms with Crippen molar-refractivity contribution in [3.05, 3.63) is 28.8 Å². The van der Waals surface area contributed by atoms with Crippen molar-refractivity contribution in [3.63, 3.8) is 0 Å². The van der Waals surface area contributed by atoms with Gasteiger partial charge in [0.15, 0.2) is 0 Å². The van der Waals surface area contributed by atoms with Crippen molar-refractivity contribution < 1.29 is 10.2 Å². The minimum Gasteiger partial charge on any atom is -0.508 e. The molecule has 2 heteroatoms. The van der Waals surface area contributed by atoms with E-state index in [4.69, 9.17) is 0 Å². The lowest BCUT2D eigenvalue weighted by atomic mass is 9.93. The molecule has 15 heavy (non-hydrogen) atoms. The van der Waals surface area contributed by atoms with Crippen LogP contribution in [0.15, 0.2) is 12.1 Å². The molecule has 0 spiro atoms. The quantitative estimate of drug-likeness (QED) is 0.801. The predicted molar refractivity (Wildman–Crippen MR) is 62.3 cm³/mol. The molecular weight excluding hydrogens is 188 g/mol. The summed E-state index contributed by atoms with van der Waals surface area (Å²) in [5.74, 6) is 0.733. The highest BCUT2D eigenvalue weighted by Crippen LogP contribution is 2.27. The van der Waals surface area contributed by atoms with E-state index in [0.29, 0.717) is 12.3 Å². The summed E-state index contributed by atoms with van der Waals surface area (Å²) in [5.41, 5.74) is 3.18. The lowest BCUT2D eigenvalue weighted by Crippen LogP contribution is -2.05. The van der Waals surface area contributed by atoms with Gasteiger partial charge in [0.25, 0.3) is 0 Å². The van der Waals surface area contributed by atoms with E-state index >= 15 is 0 Å². The van der Waals surface area contributed by atoms with E-state index in [1.54, 1.807) is 13.0 Å². The van der Waals surface area contributed by atoms with Crippen LogP contribution in [-0.4, -0.2) is 16.3 Å². The van der Waals surface area contributed by atoms with Gasteiger partial charge in [-0.2, -0.15) is 0 Å². The van der Waals surface area contributed by atoms with Crippen LogP contribution in [0.3, 0.4) is 0 Å². The zero-order valence-corrected chi connectivity index (χ0v) is 9.91. The van der Waals surface area contributed by atoms with Crippen LogP contribution >= 0.6 is 0 Å². The fourth-order valence-electron chi connectivity index (χ4n) is 1.86. The van der Waals surface area contributed by atoms with E-state index in [2.05, 4.69) is 13.8 Å². The number of aryl methyl sites for hydroxylation is 1. The summed E-state index contributed by atoms with van der Waals surface area (Å²) in [7, 11) is 0. The third kappa shape index (κ3) is 2.96. The molecule has 2 nitrogen and oxygen atoms in total. The van der Waals surface area contributed by atoms with Crippen molar-refractivity contribution in [1.82, 2.24) is 0 Å². The molecule has 84 valence electrons. The molecule has 1 rings (SSSR count). The molecule has 0 aliphatic carbocycles. The van der Waals surface area contributed by atoms with Crippen molar-refractivity contribution in [2.24, 2.45) is 0 Å². The molecule has 2 N–H and O–H groups in total. The molecule has 0 heterocycles. The van der Waals surface area contributed by atoms with Gasteiger partial charge in [-0.3, -0.25) is 0 Å². The number of phenolic OH excluding ortho intramolecular Hbond substituents is 1. The third-order valence-corrected chi connectivity index (χ3v) is 2.60. The predicted octanol–water partition coefficient (Wildman–Crippen LogP) is 2.75. The van der Waals surface area contributed by atoms with Crippen molar-refractivity contribution >= 4 is 0 Å². The van der Waals surface area contributed by atoms with Crippen LogP contribution < -0.4 is 0 Å². The number of rotatable bonds is 3. The largest absolute Gasteiger partial charge is 0.508 e. The molecule has 0 bridgehead atoms. The first-order valence-electron chi connectivity index (χ1n) is 5.42. The Labute approximate surface area is 91.6 Å². The summed E-state index contributed by atoms with van der Waals surface area (Å²) in [4.78, 5) is 0. The second kappa shape index (κ2) is 4.67. The van der Waals surface area contributed by atoms with Gasteiger partial charge in [0.1, 0.15) is 5.75 Å². The van der Waals surface area contributed by atoms with Crippen LogP contribution in [0.4, 0.5) is 0 Å². The Hall–Kier alpha value is -1.02. The lowest BCUT2D eigenvalue weighted by molar-refractivity contribution is 0.194. The van der Waals surface area contributed by atoms with Crippen LogP contribution in [0, 0.1) is 6.92 Å². The molecule has 0 fully saturated rings. The fraction of sp³-hybridized carbons (Fsp3) is 0.538.